The highest BCUT2D eigenvalue weighted by Crippen LogP contribution is 2.19. The predicted molar refractivity (Wildman–Crippen MR) is 113 cm³/mol. The van der Waals surface area contributed by atoms with Crippen molar-refractivity contribution in [2.45, 2.75) is 11.3 Å². The van der Waals surface area contributed by atoms with E-state index in [1.807, 2.05) is 30.3 Å². The average Bonchev–Trinajstić information content (AvgIpc) is 2.76. The van der Waals surface area contributed by atoms with Gasteiger partial charge in [0.05, 0.1) is 17.2 Å². The van der Waals surface area contributed by atoms with Crippen molar-refractivity contribution in [2.24, 2.45) is 0 Å². The van der Waals surface area contributed by atoms with Crippen LogP contribution in [0.2, 0.25) is 0 Å². The number of sulfonamides is 1. The number of benzene rings is 3. The lowest BCUT2D eigenvalue weighted by atomic mass is 10.2. The monoisotopic (exact) mass is 428 g/mol. The summed E-state index contributed by atoms with van der Waals surface area (Å²) in [5.41, 5.74) is 0.0288. The first-order chi connectivity index (χ1) is 14.5. The Bertz CT molecular complexity index is 1100. The third-order valence-corrected chi connectivity index (χ3v) is 5.51. The molecule has 0 heterocycles. The molecule has 6 nitrogen and oxygen atoms in total. The second kappa shape index (κ2) is 9.89. The number of carbonyl (C=O) groups is 1. The van der Waals surface area contributed by atoms with Crippen molar-refractivity contribution < 1.29 is 22.3 Å². The Hall–Kier alpha value is -3.39. The fraction of sp³-hybridized carbons (Fsp3) is 0.136. The molecular formula is C22H21FN2O4S. The number of halogens is 1. The minimum absolute atomic E-state index is 0.134. The van der Waals surface area contributed by atoms with Gasteiger partial charge >= 0.3 is 0 Å². The van der Waals surface area contributed by atoms with Gasteiger partial charge < -0.3 is 10.1 Å². The fourth-order valence-corrected chi connectivity index (χ4v) is 3.75. The SMILES string of the molecule is O=C(NCCCOc1ccccc1)c1cccc(S(=O)(=O)Nc2ccccc2F)c1. The Morgan fingerprint density at radius 2 is 1.67 bits per heavy atom. The summed E-state index contributed by atoms with van der Waals surface area (Å²) >= 11 is 0. The third kappa shape index (κ3) is 5.81. The fourth-order valence-electron chi connectivity index (χ4n) is 2.64. The summed E-state index contributed by atoms with van der Waals surface area (Å²) in [6.45, 7) is 0.807. The van der Waals surface area contributed by atoms with Gasteiger partial charge in [0.15, 0.2) is 0 Å². The van der Waals surface area contributed by atoms with Crippen molar-refractivity contribution >= 4 is 21.6 Å². The predicted octanol–water partition coefficient (Wildman–Crippen LogP) is 3.83. The molecule has 0 aromatic heterocycles. The Morgan fingerprint density at radius 1 is 0.933 bits per heavy atom. The van der Waals surface area contributed by atoms with Crippen molar-refractivity contribution in [2.75, 3.05) is 17.9 Å². The van der Waals surface area contributed by atoms with Gasteiger partial charge in [0, 0.05) is 12.1 Å². The van der Waals surface area contributed by atoms with E-state index in [1.54, 1.807) is 0 Å². The number of para-hydroxylation sites is 2. The Labute approximate surface area is 174 Å². The molecule has 0 aliphatic rings. The molecule has 0 radical (unpaired) electrons. The lowest BCUT2D eigenvalue weighted by Crippen LogP contribution is -2.26. The number of rotatable bonds is 9. The van der Waals surface area contributed by atoms with Crippen molar-refractivity contribution in [3.63, 3.8) is 0 Å². The second-order valence-electron chi connectivity index (χ2n) is 6.38. The maximum absolute atomic E-state index is 13.8. The minimum atomic E-state index is -4.04. The van der Waals surface area contributed by atoms with E-state index in [0.717, 1.165) is 11.8 Å². The molecule has 0 saturated carbocycles. The Balaban J connectivity index is 1.56. The summed E-state index contributed by atoms with van der Waals surface area (Å²) in [5, 5.41) is 2.73. The van der Waals surface area contributed by atoms with Gasteiger partial charge in [0.1, 0.15) is 11.6 Å². The van der Waals surface area contributed by atoms with Crippen LogP contribution in [0.25, 0.3) is 0 Å². The van der Waals surface area contributed by atoms with E-state index < -0.39 is 21.7 Å². The molecule has 30 heavy (non-hydrogen) atoms. The van der Waals surface area contributed by atoms with Crippen LogP contribution in [0.3, 0.4) is 0 Å². The lowest BCUT2D eigenvalue weighted by Gasteiger charge is -2.10. The summed E-state index contributed by atoms with van der Waals surface area (Å²) in [5.74, 6) is -0.338. The van der Waals surface area contributed by atoms with Crippen molar-refractivity contribution in [1.29, 1.82) is 0 Å². The summed E-state index contributed by atoms with van der Waals surface area (Å²) in [6.07, 6.45) is 0.591. The van der Waals surface area contributed by atoms with E-state index in [0.29, 0.717) is 19.6 Å². The van der Waals surface area contributed by atoms with Crippen molar-refractivity contribution in [1.82, 2.24) is 5.32 Å². The number of nitrogens with one attached hydrogen (secondary N) is 2. The first-order valence-corrected chi connectivity index (χ1v) is 10.8. The Kier molecular flexibility index (Phi) is 7.03. The number of anilines is 1. The molecular weight excluding hydrogens is 407 g/mol. The molecule has 0 saturated heterocycles. The third-order valence-electron chi connectivity index (χ3n) is 4.14. The Morgan fingerprint density at radius 3 is 2.43 bits per heavy atom. The van der Waals surface area contributed by atoms with Crippen LogP contribution < -0.4 is 14.8 Å². The number of carbonyl (C=O) groups excluding carboxylic acids is 1. The maximum atomic E-state index is 13.8. The first kappa shape index (κ1) is 21.3. The molecule has 0 atom stereocenters. The number of ether oxygens (including phenoxy) is 1. The van der Waals surface area contributed by atoms with Crippen LogP contribution in [0.1, 0.15) is 16.8 Å². The zero-order valence-electron chi connectivity index (χ0n) is 16.0. The normalized spacial score (nSPS) is 11.0. The molecule has 0 aliphatic heterocycles. The van der Waals surface area contributed by atoms with Gasteiger partial charge in [-0.1, -0.05) is 36.4 Å². The van der Waals surface area contributed by atoms with E-state index in [1.165, 1.54) is 42.5 Å². The van der Waals surface area contributed by atoms with Crippen LogP contribution >= 0.6 is 0 Å². The lowest BCUT2D eigenvalue weighted by molar-refractivity contribution is 0.0951. The molecule has 3 rings (SSSR count). The van der Waals surface area contributed by atoms with Gasteiger partial charge in [0.25, 0.3) is 15.9 Å². The van der Waals surface area contributed by atoms with Gasteiger partial charge in [0.2, 0.25) is 0 Å². The highest BCUT2D eigenvalue weighted by molar-refractivity contribution is 7.92. The molecule has 156 valence electrons. The molecule has 2 N–H and O–H groups in total. The van der Waals surface area contributed by atoms with Gasteiger partial charge in [-0.15, -0.1) is 0 Å². The quantitative estimate of drug-likeness (QED) is 0.508. The zero-order chi connectivity index (χ0) is 21.4. The first-order valence-electron chi connectivity index (χ1n) is 9.29. The van der Waals surface area contributed by atoms with E-state index in [9.17, 15) is 17.6 Å². The molecule has 1 amide bonds. The molecule has 0 spiro atoms. The van der Waals surface area contributed by atoms with Crippen LogP contribution in [0.5, 0.6) is 5.75 Å². The largest absolute Gasteiger partial charge is 0.494 e. The van der Waals surface area contributed by atoms with E-state index in [2.05, 4.69) is 10.0 Å². The number of hydrogen-bond donors (Lipinski definition) is 2. The highest BCUT2D eigenvalue weighted by atomic mass is 32.2. The highest BCUT2D eigenvalue weighted by Gasteiger charge is 2.18. The molecule has 8 heteroatoms. The maximum Gasteiger partial charge on any atom is 0.262 e. The molecule has 0 fully saturated rings. The zero-order valence-corrected chi connectivity index (χ0v) is 16.9. The van der Waals surface area contributed by atoms with Gasteiger partial charge in [-0.05, 0) is 48.9 Å². The van der Waals surface area contributed by atoms with Crippen LogP contribution in [0, 0.1) is 5.82 Å². The van der Waals surface area contributed by atoms with Crippen LogP contribution in [-0.2, 0) is 10.0 Å². The summed E-state index contributed by atoms with van der Waals surface area (Å²) in [6, 6.07) is 20.4. The summed E-state index contributed by atoms with van der Waals surface area (Å²) < 4.78 is 46.6. The van der Waals surface area contributed by atoms with E-state index in [4.69, 9.17) is 4.74 Å². The van der Waals surface area contributed by atoms with E-state index >= 15 is 0 Å². The number of hydrogen-bond acceptors (Lipinski definition) is 4. The molecule has 0 aliphatic carbocycles. The van der Waals surface area contributed by atoms with Crippen molar-refractivity contribution in [3.05, 3.63) is 90.2 Å². The molecule has 0 unspecified atom stereocenters. The van der Waals surface area contributed by atoms with Crippen molar-refractivity contribution in [3.8, 4) is 5.75 Å². The smallest absolute Gasteiger partial charge is 0.262 e. The van der Waals surface area contributed by atoms with Gasteiger partial charge in [-0.3, -0.25) is 9.52 Å². The summed E-state index contributed by atoms with van der Waals surface area (Å²) in [7, 11) is -4.04. The standard InChI is InChI=1S/C22H21FN2O4S/c23-20-12-4-5-13-21(20)25-30(27,28)19-11-6-8-17(16-19)22(26)24-14-7-15-29-18-9-2-1-3-10-18/h1-6,8-13,16,25H,7,14-15H2,(H,24,26). The molecule has 0 bridgehead atoms. The minimum Gasteiger partial charge on any atom is -0.494 e. The van der Waals surface area contributed by atoms with Crippen LogP contribution in [0.4, 0.5) is 10.1 Å². The molecule has 3 aromatic rings. The topological polar surface area (TPSA) is 84.5 Å². The molecule has 3 aromatic carbocycles. The number of amides is 1. The van der Waals surface area contributed by atoms with Gasteiger partial charge in [-0.2, -0.15) is 0 Å². The second-order valence-corrected chi connectivity index (χ2v) is 8.07. The average molecular weight is 428 g/mol. The van der Waals surface area contributed by atoms with Crippen LogP contribution in [0.15, 0.2) is 83.8 Å². The van der Waals surface area contributed by atoms with Crippen LogP contribution in [-0.4, -0.2) is 27.5 Å². The van der Waals surface area contributed by atoms with E-state index in [-0.39, 0.29) is 16.1 Å². The summed E-state index contributed by atoms with van der Waals surface area (Å²) in [4.78, 5) is 12.2. The van der Waals surface area contributed by atoms with Gasteiger partial charge in [-0.25, -0.2) is 12.8 Å².